The van der Waals surface area contributed by atoms with Gasteiger partial charge in [-0.3, -0.25) is 4.90 Å². The number of aromatic amines is 1. The van der Waals surface area contributed by atoms with E-state index in [1.54, 1.807) is 6.07 Å². The number of hydrogen-bond acceptors (Lipinski definition) is 4. The number of rotatable bonds is 5. The van der Waals surface area contributed by atoms with Gasteiger partial charge >= 0.3 is 5.97 Å². The molecule has 1 saturated heterocycles. The molecular weight excluding hydrogens is 402 g/mol. The summed E-state index contributed by atoms with van der Waals surface area (Å²) in [5, 5.41) is 19.4. The molecule has 2 heterocycles. The molecule has 0 bridgehead atoms. The number of nitrogens with one attached hydrogen (secondary N) is 1. The molecule has 4 aromatic rings. The third kappa shape index (κ3) is 4.02. The van der Waals surface area contributed by atoms with Crippen molar-refractivity contribution in [2.24, 2.45) is 0 Å². The molecule has 6 nitrogen and oxygen atoms in total. The number of aromatic carboxylic acids is 1. The Labute approximate surface area is 186 Å². The number of benzene rings is 3. The maximum absolute atomic E-state index is 11.7. The molecule has 32 heavy (non-hydrogen) atoms. The summed E-state index contributed by atoms with van der Waals surface area (Å²) in [4.78, 5) is 21.5. The van der Waals surface area contributed by atoms with Gasteiger partial charge in [-0.25, -0.2) is 9.78 Å². The fourth-order valence-electron chi connectivity index (χ4n) is 4.49. The molecule has 0 saturated carbocycles. The van der Waals surface area contributed by atoms with Crippen molar-refractivity contribution in [1.82, 2.24) is 14.9 Å². The van der Waals surface area contributed by atoms with E-state index >= 15 is 0 Å². The molecule has 3 N–H and O–H groups in total. The quantitative estimate of drug-likeness (QED) is 0.437. The summed E-state index contributed by atoms with van der Waals surface area (Å²) < 4.78 is 0. The number of aromatic nitrogens is 2. The number of fused-ring (bicyclic) bond motifs is 1. The van der Waals surface area contributed by atoms with Gasteiger partial charge in [-0.05, 0) is 59.4 Å². The molecule has 1 aliphatic heterocycles. The molecule has 0 unspecified atom stereocenters. The van der Waals surface area contributed by atoms with Crippen LogP contribution in [0.3, 0.4) is 0 Å². The number of nitrogens with zero attached hydrogens (tertiary/aromatic N) is 2. The van der Waals surface area contributed by atoms with E-state index in [0.29, 0.717) is 11.3 Å². The number of H-pyrrole nitrogens is 1. The monoisotopic (exact) mass is 427 g/mol. The van der Waals surface area contributed by atoms with E-state index in [9.17, 15) is 15.0 Å². The maximum Gasteiger partial charge on any atom is 0.337 e. The lowest BCUT2D eigenvalue weighted by molar-refractivity contribution is 0.0699. The zero-order chi connectivity index (χ0) is 22.2. The van der Waals surface area contributed by atoms with Crippen LogP contribution in [0.5, 0.6) is 0 Å². The topological polar surface area (TPSA) is 89.4 Å². The molecular formula is C26H25N3O3. The van der Waals surface area contributed by atoms with Crippen molar-refractivity contribution in [3.05, 3.63) is 77.6 Å². The molecule has 0 aliphatic carbocycles. The molecule has 1 fully saturated rings. The maximum atomic E-state index is 11.7. The van der Waals surface area contributed by atoms with Gasteiger partial charge in [0.1, 0.15) is 11.3 Å². The Morgan fingerprint density at radius 3 is 2.50 bits per heavy atom. The van der Waals surface area contributed by atoms with E-state index in [2.05, 4.69) is 51.3 Å². The first-order valence-electron chi connectivity index (χ1n) is 10.8. The van der Waals surface area contributed by atoms with Crippen LogP contribution in [-0.2, 0) is 6.54 Å². The fourth-order valence-corrected chi connectivity index (χ4v) is 4.49. The summed E-state index contributed by atoms with van der Waals surface area (Å²) in [5.41, 5.74) is 6.67. The highest BCUT2D eigenvalue weighted by molar-refractivity contribution is 6.03. The standard InChI is InChI=1S/C26H25N3O3/c1-16-27-24-13-21(12-23(26(31)32)25(24)28-16)19-7-5-18(6-8-19)20-4-2-3-17(11-20)14-29-10-9-22(30)15-29/h2-8,11-13,22,30H,9-10,14-15H2,1H3,(H,27,28)(H,31,32)/t22-/m1/s1. The predicted octanol–water partition coefficient (Wildman–Crippen LogP) is 4.47. The first kappa shape index (κ1) is 20.4. The van der Waals surface area contributed by atoms with Gasteiger partial charge < -0.3 is 15.2 Å². The van der Waals surface area contributed by atoms with Gasteiger partial charge in [0, 0.05) is 19.6 Å². The summed E-state index contributed by atoms with van der Waals surface area (Å²) in [6, 6.07) is 20.3. The molecule has 0 amide bonds. The minimum atomic E-state index is -0.984. The summed E-state index contributed by atoms with van der Waals surface area (Å²) in [5.74, 6) is -0.291. The summed E-state index contributed by atoms with van der Waals surface area (Å²) in [6.07, 6.45) is 0.631. The summed E-state index contributed by atoms with van der Waals surface area (Å²) >= 11 is 0. The molecule has 0 spiro atoms. The highest BCUT2D eigenvalue weighted by Gasteiger charge is 2.20. The Hall–Kier alpha value is -3.48. The van der Waals surface area contributed by atoms with Crippen molar-refractivity contribution in [2.45, 2.75) is 26.0 Å². The van der Waals surface area contributed by atoms with Crippen LogP contribution in [-0.4, -0.2) is 50.2 Å². The van der Waals surface area contributed by atoms with E-state index in [1.165, 1.54) is 5.56 Å². The molecule has 0 radical (unpaired) electrons. The Balaban J connectivity index is 1.42. The van der Waals surface area contributed by atoms with Gasteiger partial charge in [-0.2, -0.15) is 0 Å². The Kier molecular flexibility index (Phi) is 5.25. The highest BCUT2D eigenvalue weighted by Crippen LogP contribution is 2.29. The molecule has 3 aromatic carbocycles. The normalized spacial score (nSPS) is 16.6. The van der Waals surface area contributed by atoms with Crippen LogP contribution in [0, 0.1) is 6.92 Å². The first-order chi connectivity index (χ1) is 15.5. The number of hydrogen-bond donors (Lipinski definition) is 3. The molecule has 1 aliphatic rings. The molecule has 1 aromatic heterocycles. The van der Waals surface area contributed by atoms with Crippen molar-refractivity contribution < 1.29 is 15.0 Å². The van der Waals surface area contributed by atoms with Gasteiger partial charge in [0.2, 0.25) is 0 Å². The van der Waals surface area contributed by atoms with E-state index in [4.69, 9.17) is 0 Å². The van der Waals surface area contributed by atoms with E-state index in [-0.39, 0.29) is 11.7 Å². The number of carboxylic acids is 1. The van der Waals surface area contributed by atoms with E-state index in [1.807, 2.05) is 25.1 Å². The number of aliphatic hydroxyl groups excluding tert-OH is 1. The van der Waals surface area contributed by atoms with Crippen molar-refractivity contribution in [3.8, 4) is 22.3 Å². The van der Waals surface area contributed by atoms with Crippen LogP contribution in [0.2, 0.25) is 0 Å². The number of aliphatic hydroxyl groups is 1. The van der Waals surface area contributed by atoms with Crippen molar-refractivity contribution in [1.29, 1.82) is 0 Å². The van der Waals surface area contributed by atoms with Crippen LogP contribution < -0.4 is 0 Å². The van der Waals surface area contributed by atoms with Crippen LogP contribution in [0.15, 0.2) is 60.7 Å². The molecule has 1 atom stereocenters. The van der Waals surface area contributed by atoms with Gasteiger partial charge in [0.15, 0.2) is 0 Å². The van der Waals surface area contributed by atoms with Crippen LogP contribution >= 0.6 is 0 Å². The average Bonchev–Trinajstić information content (AvgIpc) is 3.37. The van der Waals surface area contributed by atoms with E-state index < -0.39 is 5.97 Å². The smallest absolute Gasteiger partial charge is 0.337 e. The Morgan fingerprint density at radius 2 is 1.81 bits per heavy atom. The zero-order valence-electron chi connectivity index (χ0n) is 17.9. The second-order valence-corrected chi connectivity index (χ2v) is 8.50. The van der Waals surface area contributed by atoms with Crippen LogP contribution in [0.1, 0.15) is 28.2 Å². The lowest BCUT2D eigenvalue weighted by Crippen LogP contribution is -2.21. The minimum absolute atomic E-state index is 0.200. The predicted molar refractivity (Wildman–Crippen MR) is 125 cm³/mol. The van der Waals surface area contributed by atoms with Gasteiger partial charge in [-0.15, -0.1) is 0 Å². The summed E-state index contributed by atoms with van der Waals surface area (Å²) in [7, 11) is 0. The van der Waals surface area contributed by atoms with Gasteiger partial charge in [0.25, 0.3) is 0 Å². The van der Waals surface area contributed by atoms with Crippen LogP contribution in [0.25, 0.3) is 33.3 Å². The van der Waals surface area contributed by atoms with Gasteiger partial charge in [0.05, 0.1) is 17.2 Å². The van der Waals surface area contributed by atoms with E-state index in [0.717, 1.165) is 53.8 Å². The molecule has 5 rings (SSSR count). The van der Waals surface area contributed by atoms with Crippen molar-refractivity contribution in [2.75, 3.05) is 13.1 Å². The number of likely N-dealkylation sites (tertiary alicyclic amines) is 1. The average molecular weight is 428 g/mol. The number of imidazole rings is 1. The number of aryl methyl sites for hydroxylation is 1. The second-order valence-electron chi connectivity index (χ2n) is 8.50. The Bertz CT molecular complexity index is 1290. The lowest BCUT2D eigenvalue weighted by atomic mass is 9.97. The SMILES string of the molecule is Cc1nc2c(C(=O)O)cc(-c3ccc(-c4cccc(CN5CC[C@@H](O)C5)c4)cc3)cc2[nH]1. The third-order valence-electron chi connectivity index (χ3n) is 6.07. The minimum Gasteiger partial charge on any atom is -0.478 e. The molecule has 162 valence electrons. The Morgan fingerprint density at radius 1 is 1.06 bits per heavy atom. The number of β-amino-alcohol motifs (C(OH)–C–C–N with tert-alkyl or cyclic N) is 1. The van der Waals surface area contributed by atoms with Gasteiger partial charge in [-0.1, -0.05) is 42.5 Å². The molecule has 6 heteroatoms. The largest absolute Gasteiger partial charge is 0.478 e. The number of carboxylic acid groups (broad SMARTS) is 1. The fraction of sp³-hybridized carbons (Fsp3) is 0.231. The summed E-state index contributed by atoms with van der Waals surface area (Å²) in [6.45, 7) is 4.32. The van der Waals surface area contributed by atoms with Crippen molar-refractivity contribution in [3.63, 3.8) is 0 Å². The third-order valence-corrected chi connectivity index (χ3v) is 6.07. The first-order valence-corrected chi connectivity index (χ1v) is 10.8. The lowest BCUT2D eigenvalue weighted by Gasteiger charge is -2.15. The van der Waals surface area contributed by atoms with Crippen LogP contribution in [0.4, 0.5) is 0 Å². The highest BCUT2D eigenvalue weighted by atomic mass is 16.4. The number of carbonyl (C=O) groups is 1. The van der Waals surface area contributed by atoms with Crippen molar-refractivity contribution >= 4 is 17.0 Å². The second kappa shape index (κ2) is 8.22. The zero-order valence-corrected chi connectivity index (χ0v) is 17.9.